The summed E-state index contributed by atoms with van der Waals surface area (Å²) in [5, 5.41) is 0. The summed E-state index contributed by atoms with van der Waals surface area (Å²) >= 11 is 0. The fourth-order valence-corrected chi connectivity index (χ4v) is 3.22. The zero-order valence-corrected chi connectivity index (χ0v) is 15.1. The molecular formula is C21H22N4O2. The molecule has 0 spiro atoms. The van der Waals surface area contributed by atoms with Gasteiger partial charge in [0.05, 0.1) is 30.3 Å². The Morgan fingerprint density at radius 1 is 0.926 bits per heavy atom. The van der Waals surface area contributed by atoms with E-state index in [0.717, 1.165) is 35.7 Å². The number of hydrogen-bond donors (Lipinski definition) is 0. The number of aromatic nitrogens is 2. The minimum Gasteiger partial charge on any atom is -0.493 e. The van der Waals surface area contributed by atoms with E-state index >= 15 is 0 Å². The number of carbonyl (C=O) groups excluding carboxylic acids is 1. The van der Waals surface area contributed by atoms with Gasteiger partial charge in [-0.15, -0.1) is 0 Å². The van der Waals surface area contributed by atoms with Crippen LogP contribution < -0.4 is 9.64 Å². The summed E-state index contributed by atoms with van der Waals surface area (Å²) in [6.07, 6.45) is 2.21. The molecule has 1 aromatic heterocycles. The fraction of sp³-hybridized carbons (Fsp3) is 0.286. The van der Waals surface area contributed by atoms with Crippen molar-refractivity contribution >= 4 is 22.8 Å². The van der Waals surface area contributed by atoms with Crippen molar-refractivity contribution < 1.29 is 9.53 Å². The zero-order valence-electron chi connectivity index (χ0n) is 15.1. The number of amides is 1. The number of carbonyl (C=O) groups is 1. The van der Waals surface area contributed by atoms with E-state index in [0.29, 0.717) is 26.1 Å². The molecule has 2 aromatic carbocycles. The number of piperazine rings is 1. The van der Waals surface area contributed by atoms with Crippen molar-refractivity contribution in [2.45, 2.75) is 6.42 Å². The molecule has 0 saturated carbocycles. The molecule has 3 aromatic rings. The lowest BCUT2D eigenvalue weighted by Gasteiger charge is -2.35. The van der Waals surface area contributed by atoms with Crippen LogP contribution >= 0.6 is 0 Å². The second kappa shape index (κ2) is 8.03. The number of ether oxygens (including phenoxy) is 1. The Labute approximate surface area is 158 Å². The maximum absolute atomic E-state index is 12.4. The molecule has 0 atom stereocenters. The quantitative estimate of drug-likeness (QED) is 0.698. The van der Waals surface area contributed by atoms with Gasteiger partial charge in [-0.25, -0.2) is 4.98 Å². The Morgan fingerprint density at radius 2 is 1.63 bits per heavy atom. The van der Waals surface area contributed by atoms with E-state index in [1.807, 2.05) is 65.7 Å². The van der Waals surface area contributed by atoms with E-state index < -0.39 is 0 Å². The lowest BCUT2D eigenvalue weighted by atomic mass is 10.2. The first-order chi connectivity index (χ1) is 13.3. The van der Waals surface area contributed by atoms with Crippen LogP contribution in [0.2, 0.25) is 0 Å². The highest BCUT2D eigenvalue weighted by atomic mass is 16.5. The molecule has 0 aliphatic carbocycles. The molecule has 1 amide bonds. The first-order valence-corrected chi connectivity index (χ1v) is 9.22. The van der Waals surface area contributed by atoms with Crippen molar-refractivity contribution in [2.75, 3.05) is 37.7 Å². The third kappa shape index (κ3) is 4.16. The normalized spacial score (nSPS) is 14.4. The van der Waals surface area contributed by atoms with Crippen molar-refractivity contribution in [3.05, 3.63) is 60.8 Å². The van der Waals surface area contributed by atoms with Gasteiger partial charge in [0.25, 0.3) is 0 Å². The average molecular weight is 362 g/mol. The fourth-order valence-electron chi connectivity index (χ4n) is 3.22. The zero-order chi connectivity index (χ0) is 18.5. The summed E-state index contributed by atoms with van der Waals surface area (Å²) in [5.41, 5.74) is 1.79. The van der Waals surface area contributed by atoms with Crippen molar-refractivity contribution in [3.8, 4) is 5.75 Å². The van der Waals surface area contributed by atoms with E-state index in [9.17, 15) is 4.79 Å². The van der Waals surface area contributed by atoms with Crippen LogP contribution in [0.25, 0.3) is 11.0 Å². The van der Waals surface area contributed by atoms with E-state index in [4.69, 9.17) is 9.72 Å². The summed E-state index contributed by atoms with van der Waals surface area (Å²) in [6, 6.07) is 17.4. The molecular weight excluding hydrogens is 340 g/mol. The number of benzene rings is 2. The minimum atomic E-state index is 0.134. The highest BCUT2D eigenvalue weighted by molar-refractivity contribution is 5.77. The summed E-state index contributed by atoms with van der Waals surface area (Å²) < 4.78 is 5.62. The molecule has 2 heterocycles. The second-order valence-corrected chi connectivity index (χ2v) is 6.50. The summed E-state index contributed by atoms with van der Waals surface area (Å²) in [5.74, 6) is 1.80. The molecule has 138 valence electrons. The Balaban J connectivity index is 1.28. The first-order valence-electron chi connectivity index (χ1n) is 9.22. The van der Waals surface area contributed by atoms with Crippen molar-refractivity contribution in [3.63, 3.8) is 0 Å². The number of para-hydroxylation sites is 3. The van der Waals surface area contributed by atoms with Gasteiger partial charge < -0.3 is 14.5 Å². The number of hydrogen-bond acceptors (Lipinski definition) is 5. The lowest BCUT2D eigenvalue weighted by Crippen LogP contribution is -2.49. The number of nitrogens with zero attached hydrogens (tertiary/aromatic N) is 4. The molecule has 1 aliphatic rings. The predicted octanol–water partition coefficient (Wildman–Crippen LogP) is 2.75. The largest absolute Gasteiger partial charge is 0.493 e. The van der Waals surface area contributed by atoms with Crippen LogP contribution in [0.4, 0.5) is 5.82 Å². The van der Waals surface area contributed by atoms with Gasteiger partial charge in [-0.05, 0) is 24.3 Å². The first kappa shape index (κ1) is 17.3. The van der Waals surface area contributed by atoms with Crippen molar-refractivity contribution in [2.24, 2.45) is 0 Å². The van der Waals surface area contributed by atoms with Crippen LogP contribution in [0, 0.1) is 0 Å². The number of rotatable bonds is 5. The van der Waals surface area contributed by atoms with Crippen LogP contribution in [-0.4, -0.2) is 53.6 Å². The van der Waals surface area contributed by atoms with E-state index in [2.05, 4.69) is 9.88 Å². The smallest absolute Gasteiger partial charge is 0.226 e. The molecule has 6 heteroatoms. The topological polar surface area (TPSA) is 58.6 Å². The SMILES string of the molecule is O=C(CCOc1ccccc1)N1CCN(c2cnc3ccccc3n2)CC1. The molecule has 0 unspecified atom stereocenters. The molecule has 4 rings (SSSR count). The van der Waals surface area contributed by atoms with E-state index in [1.54, 1.807) is 0 Å². The van der Waals surface area contributed by atoms with Crippen LogP contribution in [-0.2, 0) is 4.79 Å². The Kier molecular flexibility index (Phi) is 5.14. The van der Waals surface area contributed by atoms with Crippen LogP contribution in [0.3, 0.4) is 0 Å². The van der Waals surface area contributed by atoms with Gasteiger partial charge in [0, 0.05) is 26.2 Å². The molecule has 1 aliphatic heterocycles. The highest BCUT2D eigenvalue weighted by Crippen LogP contribution is 2.17. The summed E-state index contributed by atoms with van der Waals surface area (Å²) in [7, 11) is 0. The highest BCUT2D eigenvalue weighted by Gasteiger charge is 2.22. The number of fused-ring (bicyclic) bond motifs is 1. The monoisotopic (exact) mass is 362 g/mol. The van der Waals surface area contributed by atoms with Gasteiger partial charge in [-0.2, -0.15) is 0 Å². The molecule has 1 fully saturated rings. The molecule has 6 nitrogen and oxygen atoms in total. The van der Waals surface area contributed by atoms with Gasteiger partial charge >= 0.3 is 0 Å². The Morgan fingerprint density at radius 3 is 2.41 bits per heavy atom. The molecule has 1 saturated heterocycles. The van der Waals surface area contributed by atoms with Crippen LogP contribution in [0.1, 0.15) is 6.42 Å². The van der Waals surface area contributed by atoms with Gasteiger partial charge in [0.1, 0.15) is 11.6 Å². The Bertz CT molecular complexity index is 908. The molecule has 0 radical (unpaired) electrons. The summed E-state index contributed by atoms with van der Waals surface area (Å²) in [4.78, 5) is 25.7. The van der Waals surface area contributed by atoms with Gasteiger partial charge in [0.2, 0.25) is 5.91 Å². The van der Waals surface area contributed by atoms with Gasteiger partial charge in [0.15, 0.2) is 0 Å². The summed E-state index contributed by atoms with van der Waals surface area (Å²) in [6.45, 7) is 3.31. The standard InChI is InChI=1S/C21H22N4O2/c26-21(10-15-27-17-6-2-1-3-7-17)25-13-11-24(12-14-25)20-16-22-18-8-4-5-9-19(18)23-20/h1-9,16H,10-15H2. The second-order valence-electron chi connectivity index (χ2n) is 6.50. The third-order valence-corrected chi connectivity index (χ3v) is 4.72. The average Bonchev–Trinajstić information content (AvgIpc) is 2.74. The molecule has 0 bridgehead atoms. The molecule has 0 N–H and O–H groups in total. The van der Waals surface area contributed by atoms with Crippen molar-refractivity contribution in [1.29, 1.82) is 0 Å². The van der Waals surface area contributed by atoms with Crippen molar-refractivity contribution in [1.82, 2.24) is 14.9 Å². The van der Waals surface area contributed by atoms with Crippen LogP contribution in [0.15, 0.2) is 60.8 Å². The van der Waals surface area contributed by atoms with Gasteiger partial charge in [-0.1, -0.05) is 30.3 Å². The Hall–Kier alpha value is -3.15. The van der Waals surface area contributed by atoms with E-state index in [-0.39, 0.29) is 5.91 Å². The maximum atomic E-state index is 12.4. The third-order valence-electron chi connectivity index (χ3n) is 4.72. The molecule has 27 heavy (non-hydrogen) atoms. The lowest BCUT2D eigenvalue weighted by molar-refractivity contribution is -0.132. The van der Waals surface area contributed by atoms with E-state index in [1.165, 1.54) is 0 Å². The van der Waals surface area contributed by atoms with Gasteiger partial charge in [-0.3, -0.25) is 9.78 Å². The predicted molar refractivity (Wildman–Crippen MR) is 105 cm³/mol. The maximum Gasteiger partial charge on any atom is 0.226 e. The minimum absolute atomic E-state index is 0.134. The van der Waals surface area contributed by atoms with Crippen LogP contribution in [0.5, 0.6) is 5.75 Å². The number of anilines is 1.